The number of amides is 3. The molecule has 1 aliphatic carbocycles. The van der Waals surface area contributed by atoms with Gasteiger partial charge in [0.1, 0.15) is 17.7 Å². The molecule has 184 valence electrons. The first-order valence-electron chi connectivity index (χ1n) is 12.2. The van der Waals surface area contributed by atoms with Crippen LogP contribution in [-0.2, 0) is 29.1 Å². The Morgan fingerprint density at radius 3 is 2.71 bits per heavy atom. The first-order valence-corrected chi connectivity index (χ1v) is 12.2. The van der Waals surface area contributed by atoms with Crippen molar-refractivity contribution in [2.24, 2.45) is 5.92 Å². The summed E-state index contributed by atoms with van der Waals surface area (Å²) in [6, 6.07) is 6.27. The minimum absolute atomic E-state index is 0.174. The van der Waals surface area contributed by atoms with Crippen molar-refractivity contribution < 1.29 is 23.2 Å². The van der Waals surface area contributed by atoms with Gasteiger partial charge in [-0.15, -0.1) is 0 Å². The van der Waals surface area contributed by atoms with Crippen LogP contribution in [0.5, 0.6) is 0 Å². The number of nitrogens with one attached hydrogen (secondary N) is 2. The zero-order chi connectivity index (χ0) is 24.5. The molecular formula is C26H28F2N4O3. The fraction of sp³-hybridized carbons (Fsp3) is 0.462. The van der Waals surface area contributed by atoms with Crippen molar-refractivity contribution in [2.45, 2.75) is 70.1 Å². The van der Waals surface area contributed by atoms with Crippen molar-refractivity contribution in [3.05, 3.63) is 64.5 Å². The molecule has 0 spiro atoms. The number of fused-ring (bicyclic) bond motifs is 1. The maximum absolute atomic E-state index is 14.0. The second-order valence-corrected chi connectivity index (χ2v) is 9.71. The number of carbonyl (C=O) groups excluding carboxylic acids is 3. The molecule has 2 aliphatic heterocycles. The molecule has 35 heavy (non-hydrogen) atoms. The van der Waals surface area contributed by atoms with E-state index in [-0.39, 0.29) is 36.5 Å². The van der Waals surface area contributed by atoms with Crippen molar-refractivity contribution in [3.8, 4) is 0 Å². The zero-order valence-electron chi connectivity index (χ0n) is 19.4. The van der Waals surface area contributed by atoms with E-state index >= 15 is 0 Å². The Kier molecular flexibility index (Phi) is 6.60. The number of hydrogen-bond acceptors (Lipinski definition) is 5. The fourth-order valence-electron chi connectivity index (χ4n) is 5.58. The average molecular weight is 483 g/mol. The van der Waals surface area contributed by atoms with Crippen LogP contribution in [0, 0.1) is 17.6 Å². The molecule has 2 N–H and O–H groups in total. The van der Waals surface area contributed by atoms with Gasteiger partial charge in [-0.2, -0.15) is 0 Å². The standard InChI is InChI=1S/C26H28F2N4O3/c27-18-11-20(28)22(29-12-18)13-30-21-4-2-1-3-16(21)9-15-5-6-19-17(10-15)14-32(26(19)35)23-7-8-24(33)31-25(23)34/h5-6,10-12,16,21,23,30H,1-4,7-9,13-14H2,(H,31,33,34)/t16-,21+,23?/m1/s1. The Labute approximate surface area is 202 Å². The largest absolute Gasteiger partial charge is 0.322 e. The van der Waals surface area contributed by atoms with E-state index in [4.69, 9.17) is 0 Å². The number of benzene rings is 1. The SMILES string of the molecule is O=C1CCC(N2Cc3cc(C[C@H]4CCCC[C@@H]4NCc4ncc(F)cc4F)ccc3C2=O)C(=O)N1. The number of nitrogens with zero attached hydrogens (tertiary/aromatic N) is 2. The van der Waals surface area contributed by atoms with Gasteiger partial charge in [0, 0.05) is 37.2 Å². The lowest BCUT2D eigenvalue weighted by molar-refractivity contribution is -0.136. The van der Waals surface area contributed by atoms with Gasteiger partial charge < -0.3 is 10.2 Å². The number of carbonyl (C=O) groups is 3. The van der Waals surface area contributed by atoms with Crippen molar-refractivity contribution in [1.29, 1.82) is 0 Å². The summed E-state index contributed by atoms with van der Waals surface area (Å²) in [7, 11) is 0. The second-order valence-electron chi connectivity index (χ2n) is 9.71. The van der Waals surface area contributed by atoms with Crippen LogP contribution in [0.2, 0.25) is 0 Å². The van der Waals surface area contributed by atoms with Crippen molar-refractivity contribution in [3.63, 3.8) is 0 Å². The Hall–Kier alpha value is -3.20. The fourth-order valence-corrected chi connectivity index (χ4v) is 5.58. The number of piperidine rings is 1. The predicted octanol–water partition coefficient (Wildman–Crippen LogP) is 3.01. The highest BCUT2D eigenvalue weighted by Crippen LogP contribution is 2.32. The molecule has 1 aromatic carbocycles. The number of pyridine rings is 1. The Balaban J connectivity index is 1.25. The van der Waals surface area contributed by atoms with Gasteiger partial charge in [-0.1, -0.05) is 25.0 Å². The first-order chi connectivity index (χ1) is 16.9. The molecule has 1 unspecified atom stereocenters. The molecule has 1 aromatic heterocycles. The molecule has 0 radical (unpaired) electrons. The van der Waals surface area contributed by atoms with Crippen LogP contribution in [0.15, 0.2) is 30.5 Å². The van der Waals surface area contributed by atoms with Crippen LogP contribution in [0.3, 0.4) is 0 Å². The summed E-state index contributed by atoms with van der Waals surface area (Å²) in [6.07, 6.45) is 6.64. The third kappa shape index (κ3) is 4.96. The Morgan fingerprint density at radius 1 is 1.09 bits per heavy atom. The lowest BCUT2D eigenvalue weighted by Gasteiger charge is -2.32. The maximum Gasteiger partial charge on any atom is 0.255 e. The van der Waals surface area contributed by atoms with Gasteiger partial charge in [0.15, 0.2) is 0 Å². The van der Waals surface area contributed by atoms with Crippen LogP contribution in [-0.4, -0.2) is 39.7 Å². The second kappa shape index (κ2) is 9.81. The average Bonchev–Trinajstić information content (AvgIpc) is 3.15. The summed E-state index contributed by atoms with van der Waals surface area (Å²) >= 11 is 0. The van der Waals surface area contributed by atoms with Crippen LogP contribution < -0.4 is 10.6 Å². The molecule has 0 bridgehead atoms. The molecule has 3 aliphatic rings. The molecule has 9 heteroatoms. The minimum atomic E-state index is -0.687. The highest BCUT2D eigenvalue weighted by molar-refractivity contribution is 6.05. The molecule has 3 amide bonds. The molecule has 7 nitrogen and oxygen atoms in total. The van der Waals surface area contributed by atoms with E-state index < -0.39 is 23.6 Å². The maximum atomic E-state index is 14.0. The summed E-state index contributed by atoms with van der Waals surface area (Å²) in [6.45, 7) is 0.600. The van der Waals surface area contributed by atoms with Crippen molar-refractivity contribution >= 4 is 17.7 Å². The molecule has 5 rings (SSSR count). The number of rotatable bonds is 6. The van der Waals surface area contributed by atoms with Gasteiger partial charge in [0.2, 0.25) is 11.8 Å². The van der Waals surface area contributed by atoms with E-state index in [2.05, 4.69) is 15.6 Å². The highest BCUT2D eigenvalue weighted by Gasteiger charge is 2.39. The predicted molar refractivity (Wildman–Crippen MR) is 123 cm³/mol. The Morgan fingerprint density at radius 2 is 1.91 bits per heavy atom. The third-order valence-electron chi connectivity index (χ3n) is 7.41. The quantitative estimate of drug-likeness (QED) is 0.618. The third-order valence-corrected chi connectivity index (χ3v) is 7.41. The normalized spacial score (nSPS) is 24.5. The smallest absolute Gasteiger partial charge is 0.255 e. The summed E-state index contributed by atoms with van der Waals surface area (Å²) in [5.41, 5.74) is 2.83. The molecule has 2 fully saturated rings. The summed E-state index contributed by atoms with van der Waals surface area (Å²) < 4.78 is 27.2. The van der Waals surface area contributed by atoms with E-state index in [1.807, 2.05) is 18.2 Å². The minimum Gasteiger partial charge on any atom is -0.322 e. The topological polar surface area (TPSA) is 91.4 Å². The van der Waals surface area contributed by atoms with Crippen LogP contribution in [0.25, 0.3) is 0 Å². The van der Waals surface area contributed by atoms with E-state index in [1.165, 1.54) is 0 Å². The first kappa shape index (κ1) is 23.5. The summed E-state index contributed by atoms with van der Waals surface area (Å²) in [5.74, 6) is -1.88. The van der Waals surface area contributed by atoms with Gasteiger partial charge in [0.25, 0.3) is 5.91 Å². The number of halogens is 2. The Bertz CT molecular complexity index is 1170. The van der Waals surface area contributed by atoms with Crippen LogP contribution >= 0.6 is 0 Å². The van der Waals surface area contributed by atoms with Gasteiger partial charge in [-0.25, -0.2) is 8.78 Å². The van der Waals surface area contributed by atoms with Gasteiger partial charge in [-0.3, -0.25) is 24.7 Å². The number of hydrogen-bond donors (Lipinski definition) is 2. The molecule has 3 atom stereocenters. The van der Waals surface area contributed by atoms with E-state index in [1.54, 1.807) is 4.90 Å². The van der Waals surface area contributed by atoms with Crippen molar-refractivity contribution in [2.75, 3.05) is 0 Å². The zero-order valence-corrected chi connectivity index (χ0v) is 19.4. The van der Waals surface area contributed by atoms with E-state index in [9.17, 15) is 23.2 Å². The molecule has 3 heterocycles. The summed E-state index contributed by atoms with van der Waals surface area (Å²) in [4.78, 5) is 42.1. The highest BCUT2D eigenvalue weighted by atomic mass is 19.1. The molecular weight excluding hydrogens is 454 g/mol. The van der Waals surface area contributed by atoms with Gasteiger partial charge >= 0.3 is 0 Å². The van der Waals surface area contributed by atoms with Crippen LogP contribution in [0.4, 0.5) is 8.78 Å². The number of aromatic nitrogens is 1. The molecule has 1 saturated carbocycles. The van der Waals surface area contributed by atoms with Crippen molar-refractivity contribution in [1.82, 2.24) is 20.5 Å². The monoisotopic (exact) mass is 482 g/mol. The summed E-state index contributed by atoms with van der Waals surface area (Å²) in [5, 5.41) is 5.76. The number of imide groups is 1. The lowest BCUT2D eigenvalue weighted by atomic mass is 9.80. The molecule has 1 saturated heterocycles. The van der Waals surface area contributed by atoms with Gasteiger partial charge in [0.05, 0.1) is 11.9 Å². The lowest BCUT2D eigenvalue weighted by Crippen LogP contribution is -2.52. The molecule has 2 aromatic rings. The van der Waals surface area contributed by atoms with Crippen LogP contribution in [0.1, 0.15) is 65.7 Å². The van der Waals surface area contributed by atoms with E-state index in [0.717, 1.165) is 55.5 Å². The van der Waals surface area contributed by atoms with E-state index in [0.29, 0.717) is 24.4 Å². The van der Waals surface area contributed by atoms with Gasteiger partial charge in [-0.05, 0) is 48.8 Å².